The number of rotatable bonds is 7. The quantitative estimate of drug-likeness (QED) is 0.817. The summed E-state index contributed by atoms with van der Waals surface area (Å²) in [5.41, 5.74) is 4.24. The summed E-state index contributed by atoms with van der Waals surface area (Å²) < 4.78 is 5.85. The molecule has 4 heteroatoms. The Morgan fingerprint density at radius 2 is 1.63 bits per heavy atom. The summed E-state index contributed by atoms with van der Waals surface area (Å²) in [6.45, 7) is 6.16. The van der Waals surface area contributed by atoms with Gasteiger partial charge in [0.05, 0.1) is 0 Å². The van der Waals surface area contributed by atoms with E-state index in [1.54, 1.807) is 0 Å². The number of fused-ring (bicyclic) bond motifs is 1. The smallest absolute Gasteiger partial charge is 0.119 e. The molecule has 4 rings (SSSR count). The molecule has 0 aromatic heterocycles. The maximum atomic E-state index is 10.4. The molecular formula is C23H30N2O2. The van der Waals surface area contributed by atoms with E-state index in [2.05, 4.69) is 52.3 Å². The number of piperazine rings is 1. The van der Waals surface area contributed by atoms with Gasteiger partial charge in [-0.15, -0.1) is 0 Å². The average Bonchev–Trinajstić information content (AvgIpc) is 3.17. The molecule has 2 aromatic carbocycles. The van der Waals surface area contributed by atoms with Crippen LogP contribution in [0, 0.1) is 0 Å². The van der Waals surface area contributed by atoms with Crippen LogP contribution in [-0.2, 0) is 19.4 Å². The number of β-amino-alcohol motifs (C(OH)–C–C–N with tert-alkyl or cyclic N) is 1. The molecule has 0 unspecified atom stereocenters. The molecule has 4 nitrogen and oxygen atoms in total. The van der Waals surface area contributed by atoms with Crippen LogP contribution < -0.4 is 4.74 Å². The van der Waals surface area contributed by atoms with Crippen molar-refractivity contribution in [2.45, 2.75) is 31.9 Å². The Balaban J connectivity index is 1.18. The minimum absolute atomic E-state index is 0.364. The van der Waals surface area contributed by atoms with Crippen LogP contribution in [0.5, 0.6) is 5.75 Å². The van der Waals surface area contributed by atoms with Gasteiger partial charge in [-0.3, -0.25) is 9.80 Å². The fourth-order valence-electron chi connectivity index (χ4n) is 4.15. The number of nitrogens with zero attached hydrogens (tertiary/aromatic N) is 2. The van der Waals surface area contributed by atoms with Gasteiger partial charge in [0.25, 0.3) is 0 Å². The van der Waals surface area contributed by atoms with E-state index in [0.717, 1.165) is 44.9 Å². The standard InChI is InChI=1S/C23H30N2O2/c26-22(18-27-23-10-9-20-7-4-8-21(20)15-23)17-25-13-11-24(12-14-25)16-19-5-2-1-3-6-19/h1-3,5-6,9-10,15,22,26H,4,7-8,11-14,16-18H2/t22-/m1/s1. The molecule has 1 heterocycles. The summed E-state index contributed by atoms with van der Waals surface area (Å²) in [7, 11) is 0. The van der Waals surface area contributed by atoms with Crippen molar-refractivity contribution in [2.75, 3.05) is 39.3 Å². The van der Waals surface area contributed by atoms with Crippen molar-refractivity contribution < 1.29 is 9.84 Å². The van der Waals surface area contributed by atoms with Gasteiger partial charge in [0, 0.05) is 39.3 Å². The first-order valence-electron chi connectivity index (χ1n) is 10.2. The van der Waals surface area contributed by atoms with Crippen LogP contribution in [0.4, 0.5) is 0 Å². The maximum absolute atomic E-state index is 10.4. The summed E-state index contributed by atoms with van der Waals surface area (Å²) in [5, 5.41) is 10.4. The van der Waals surface area contributed by atoms with Gasteiger partial charge in [-0.1, -0.05) is 36.4 Å². The van der Waals surface area contributed by atoms with E-state index in [4.69, 9.17) is 4.74 Å². The van der Waals surface area contributed by atoms with Gasteiger partial charge in [-0.2, -0.15) is 0 Å². The number of ether oxygens (including phenoxy) is 1. The second-order valence-corrected chi connectivity index (χ2v) is 7.81. The second-order valence-electron chi connectivity index (χ2n) is 7.81. The molecule has 0 saturated carbocycles. The van der Waals surface area contributed by atoms with E-state index in [0.29, 0.717) is 13.2 Å². The molecule has 0 bridgehead atoms. The van der Waals surface area contributed by atoms with Crippen LogP contribution in [0.25, 0.3) is 0 Å². The largest absolute Gasteiger partial charge is 0.491 e. The monoisotopic (exact) mass is 366 g/mol. The summed E-state index contributed by atoms with van der Waals surface area (Å²) >= 11 is 0. The first kappa shape index (κ1) is 18.5. The van der Waals surface area contributed by atoms with Crippen molar-refractivity contribution in [3.63, 3.8) is 0 Å². The molecule has 27 heavy (non-hydrogen) atoms. The fraction of sp³-hybridized carbons (Fsp3) is 0.478. The molecule has 1 atom stereocenters. The molecule has 0 amide bonds. The normalized spacial score (nSPS) is 19.0. The SMILES string of the molecule is O[C@@H](COc1ccc2c(c1)CCC2)CN1CCN(Cc2ccccc2)CC1. The van der Waals surface area contributed by atoms with Crippen LogP contribution in [0.3, 0.4) is 0 Å². The molecule has 2 aromatic rings. The molecule has 0 radical (unpaired) electrons. The molecule has 2 aliphatic rings. The Labute approximate surface area is 162 Å². The maximum Gasteiger partial charge on any atom is 0.119 e. The predicted molar refractivity (Wildman–Crippen MR) is 108 cm³/mol. The first-order chi connectivity index (χ1) is 13.3. The van der Waals surface area contributed by atoms with Crippen LogP contribution >= 0.6 is 0 Å². The minimum atomic E-state index is -0.445. The summed E-state index contributed by atoms with van der Waals surface area (Å²) in [6.07, 6.45) is 3.15. The van der Waals surface area contributed by atoms with E-state index >= 15 is 0 Å². The molecular weight excluding hydrogens is 336 g/mol. The zero-order valence-electron chi connectivity index (χ0n) is 16.0. The van der Waals surface area contributed by atoms with E-state index in [-0.39, 0.29) is 0 Å². The van der Waals surface area contributed by atoms with Crippen molar-refractivity contribution in [1.29, 1.82) is 0 Å². The van der Waals surface area contributed by atoms with Gasteiger partial charge in [0.15, 0.2) is 0 Å². The number of benzene rings is 2. The zero-order valence-corrected chi connectivity index (χ0v) is 16.0. The fourth-order valence-corrected chi connectivity index (χ4v) is 4.15. The Morgan fingerprint density at radius 1 is 0.889 bits per heavy atom. The predicted octanol–water partition coefficient (Wildman–Crippen LogP) is 2.73. The van der Waals surface area contributed by atoms with Crippen molar-refractivity contribution in [3.05, 3.63) is 65.2 Å². The summed E-state index contributed by atoms with van der Waals surface area (Å²) in [5.74, 6) is 0.891. The lowest BCUT2D eigenvalue weighted by Gasteiger charge is -2.35. The van der Waals surface area contributed by atoms with Gasteiger partial charge >= 0.3 is 0 Å². The molecule has 144 valence electrons. The lowest BCUT2D eigenvalue weighted by atomic mass is 10.1. The molecule has 1 saturated heterocycles. The van der Waals surface area contributed by atoms with E-state index in [9.17, 15) is 5.11 Å². The van der Waals surface area contributed by atoms with Crippen molar-refractivity contribution in [2.24, 2.45) is 0 Å². The number of aliphatic hydroxyl groups is 1. The third-order valence-corrected chi connectivity index (χ3v) is 5.70. The molecule has 1 N–H and O–H groups in total. The van der Waals surface area contributed by atoms with Gasteiger partial charge < -0.3 is 9.84 Å². The number of hydrogen-bond acceptors (Lipinski definition) is 4. The van der Waals surface area contributed by atoms with Crippen molar-refractivity contribution in [1.82, 2.24) is 9.80 Å². The number of hydrogen-bond donors (Lipinski definition) is 1. The van der Waals surface area contributed by atoms with Crippen LogP contribution in [0.2, 0.25) is 0 Å². The van der Waals surface area contributed by atoms with E-state index < -0.39 is 6.10 Å². The van der Waals surface area contributed by atoms with Crippen LogP contribution in [-0.4, -0.2) is 60.3 Å². The minimum Gasteiger partial charge on any atom is -0.491 e. The summed E-state index contributed by atoms with van der Waals surface area (Å²) in [6, 6.07) is 17.0. The first-order valence-corrected chi connectivity index (χ1v) is 10.2. The third-order valence-electron chi connectivity index (χ3n) is 5.70. The molecule has 1 aliphatic carbocycles. The number of aryl methyl sites for hydroxylation is 2. The van der Waals surface area contributed by atoms with Crippen LogP contribution in [0.15, 0.2) is 48.5 Å². The molecule has 0 spiro atoms. The van der Waals surface area contributed by atoms with Gasteiger partial charge in [0.1, 0.15) is 18.5 Å². The average molecular weight is 367 g/mol. The molecule has 1 aliphatic heterocycles. The van der Waals surface area contributed by atoms with Crippen LogP contribution in [0.1, 0.15) is 23.1 Å². The Bertz CT molecular complexity index is 726. The third kappa shape index (κ3) is 5.10. The zero-order chi connectivity index (χ0) is 18.5. The Morgan fingerprint density at radius 3 is 2.44 bits per heavy atom. The Kier molecular flexibility index (Phi) is 6.07. The van der Waals surface area contributed by atoms with E-state index in [1.807, 2.05) is 6.07 Å². The van der Waals surface area contributed by atoms with Gasteiger partial charge in [0.2, 0.25) is 0 Å². The second kappa shape index (κ2) is 8.87. The van der Waals surface area contributed by atoms with Crippen molar-refractivity contribution >= 4 is 0 Å². The van der Waals surface area contributed by atoms with Gasteiger partial charge in [-0.25, -0.2) is 0 Å². The van der Waals surface area contributed by atoms with Crippen molar-refractivity contribution in [3.8, 4) is 5.75 Å². The number of aliphatic hydroxyl groups excluding tert-OH is 1. The highest BCUT2D eigenvalue weighted by molar-refractivity contribution is 5.38. The topological polar surface area (TPSA) is 35.9 Å². The highest BCUT2D eigenvalue weighted by atomic mass is 16.5. The summed E-state index contributed by atoms with van der Waals surface area (Å²) in [4.78, 5) is 4.83. The highest BCUT2D eigenvalue weighted by Gasteiger charge is 2.20. The molecule has 1 fully saturated rings. The van der Waals surface area contributed by atoms with E-state index in [1.165, 1.54) is 29.5 Å². The highest BCUT2D eigenvalue weighted by Crippen LogP contribution is 2.26. The lowest BCUT2D eigenvalue weighted by molar-refractivity contribution is 0.0446. The Hall–Kier alpha value is -1.88. The lowest BCUT2D eigenvalue weighted by Crippen LogP contribution is -2.48. The van der Waals surface area contributed by atoms with Gasteiger partial charge in [-0.05, 0) is 48.1 Å².